The number of piperidine rings is 2. The van der Waals surface area contributed by atoms with Crippen molar-refractivity contribution >= 4 is 17.9 Å². The Kier molecular flexibility index (Phi) is 19.5. The molecule has 408 valence electrons. The van der Waals surface area contributed by atoms with Crippen molar-refractivity contribution in [3.8, 4) is 11.5 Å². The summed E-state index contributed by atoms with van der Waals surface area (Å²) in [4.78, 5) is 40.4. The fraction of sp³-hybridized carbons (Fsp3) is 0.667. The molecule has 0 spiro atoms. The van der Waals surface area contributed by atoms with Gasteiger partial charge in [-0.2, -0.15) is 0 Å². The Bertz CT molecular complexity index is 2320. The molecule has 0 aliphatic carbocycles. The molecular weight excluding hydrogens is 913 g/mol. The van der Waals surface area contributed by atoms with Crippen LogP contribution in [0.5, 0.6) is 11.5 Å². The highest BCUT2D eigenvalue weighted by molar-refractivity contribution is 5.89. The number of likely N-dealkylation sites (tertiary alicyclic amines) is 1. The number of aryl methyl sites for hydroxylation is 2. The zero-order valence-corrected chi connectivity index (χ0v) is 49.1. The number of phenolic OH excluding ortho intramolecular Hbond substituents is 2. The molecule has 0 aromatic heterocycles. The fourth-order valence-corrected chi connectivity index (χ4v) is 11.4. The van der Waals surface area contributed by atoms with Gasteiger partial charge in [0, 0.05) is 54.4 Å². The number of nitrogens with one attached hydrogen (secondary N) is 1. The molecule has 0 unspecified atom stereocenters. The highest BCUT2D eigenvalue weighted by Gasteiger charge is 2.45. The minimum atomic E-state index is -0.257. The Labute approximate surface area is 442 Å². The van der Waals surface area contributed by atoms with Crippen molar-refractivity contribution in [2.75, 3.05) is 19.8 Å². The van der Waals surface area contributed by atoms with Crippen LogP contribution in [-0.2, 0) is 58.3 Å². The van der Waals surface area contributed by atoms with Crippen LogP contribution in [0.2, 0.25) is 0 Å². The van der Waals surface area contributed by atoms with Gasteiger partial charge in [0.2, 0.25) is 0 Å². The summed E-state index contributed by atoms with van der Waals surface area (Å²) in [6.45, 7) is 44.5. The third-order valence-corrected chi connectivity index (χ3v) is 14.8. The van der Waals surface area contributed by atoms with Crippen LogP contribution in [0.25, 0.3) is 0 Å². The standard InChI is InChI=1S/C47H75NO6.C16H23NO2/c1-42(2,3)34-25-32(40(51)36(27-34)44(7,8)9)17-19-38(49)53-23-21-31-29-46(13,14)48(47(15,16)30-31)22-24-54-39(50)20-18-33-26-35(43(4,5)6)28-37(41(33)52)45(10,11)12;1-15(2)10-13(11-16(3,4)17-15)19-14(18)12-8-6-5-7-9-12/h25-28,31,51-52H,17-24,29-30H2,1-16H3;5-9,13,17H,10-11H2,1-4H3. The van der Waals surface area contributed by atoms with Gasteiger partial charge >= 0.3 is 17.9 Å². The van der Waals surface area contributed by atoms with Crippen molar-refractivity contribution in [3.05, 3.63) is 93.5 Å². The lowest BCUT2D eigenvalue weighted by molar-refractivity contribution is -0.147. The van der Waals surface area contributed by atoms with Gasteiger partial charge in [-0.15, -0.1) is 0 Å². The molecule has 2 fully saturated rings. The van der Waals surface area contributed by atoms with Crippen LogP contribution in [0.3, 0.4) is 0 Å². The zero-order valence-electron chi connectivity index (χ0n) is 49.1. The van der Waals surface area contributed by atoms with Gasteiger partial charge in [0.05, 0.1) is 12.2 Å². The first kappa shape index (κ1) is 61.1. The number of benzene rings is 3. The third kappa shape index (κ3) is 17.9. The number of rotatable bonds is 14. The lowest BCUT2D eigenvalue weighted by atomic mass is 9.72. The topological polar surface area (TPSA) is 135 Å². The monoisotopic (exact) mass is 1010 g/mol. The predicted octanol–water partition coefficient (Wildman–Crippen LogP) is 13.8. The fourth-order valence-electron chi connectivity index (χ4n) is 11.4. The Morgan fingerprint density at radius 2 is 1.00 bits per heavy atom. The summed E-state index contributed by atoms with van der Waals surface area (Å²) in [5, 5.41) is 25.8. The maximum absolute atomic E-state index is 13.0. The van der Waals surface area contributed by atoms with Gasteiger partial charge in [0.15, 0.2) is 0 Å². The molecule has 2 aliphatic rings. The molecule has 0 bridgehead atoms. The molecule has 10 heteroatoms. The second-order valence-corrected chi connectivity index (χ2v) is 28.0. The summed E-state index contributed by atoms with van der Waals surface area (Å²) in [6.07, 6.45) is 5.64. The van der Waals surface area contributed by atoms with Gasteiger partial charge in [0.1, 0.15) is 24.2 Å². The Morgan fingerprint density at radius 1 is 0.589 bits per heavy atom. The molecule has 0 saturated carbocycles. The minimum Gasteiger partial charge on any atom is -0.507 e. The average molecular weight is 1010 g/mol. The van der Waals surface area contributed by atoms with Crippen LogP contribution in [-0.4, -0.2) is 81.0 Å². The largest absolute Gasteiger partial charge is 0.507 e. The number of hydrogen-bond acceptors (Lipinski definition) is 10. The van der Waals surface area contributed by atoms with Crippen LogP contribution in [0, 0.1) is 5.92 Å². The first-order valence-corrected chi connectivity index (χ1v) is 27.1. The number of hydrogen-bond donors (Lipinski definition) is 3. The van der Waals surface area contributed by atoms with Crippen molar-refractivity contribution < 1.29 is 38.8 Å². The minimum absolute atomic E-state index is 0.0105. The van der Waals surface area contributed by atoms with Crippen LogP contribution in [0.1, 0.15) is 227 Å². The number of carbonyl (C=O) groups is 3. The lowest BCUT2D eigenvalue weighted by Crippen LogP contribution is -2.61. The van der Waals surface area contributed by atoms with E-state index in [4.69, 9.17) is 14.2 Å². The van der Waals surface area contributed by atoms with Gasteiger partial charge in [-0.1, -0.05) is 126 Å². The Hall–Kier alpha value is -4.41. The first-order chi connectivity index (χ1) is 33.2. The van der Waals surface area contributed by atoms with E-state index in [1.165, 1.54) is 0 Å². The SMILES string of the molecule is CC(C)(C)c1cc(CCC(=O)OCCC2CC(C)(C)N(CCOC(=O)CCc3cc(C(C)(C)C)cc(C(C)(C)C)c3O)C(C)(C)C2)c(O)c(C(C)(C)C)c1.CC1(C)CC(OC(=O)c2ccccc2)CC(C)(C)N1. The van der Waals surface area contributed by atoms with E-state index in [1.54, 1.807) is 12.1 Å². The molecule has 0 atom stereocenters. The second-order valence-electron chi connectivity index (χ2n) is 28.0. The van der Waals surface area contributed by atoms with Crippen LogP contribution in [0.15, 0.2) is 54.6 Å². The molecule has 2 heterocycles. The summed E-state index contributed by atoms with van der Waals surface area (Å²) in [5.74, 6) is 0.230. The number of ether oxygens (including phenoxy) is 3. The van der Waals surface area contributed by atoms with E-state index < -0.39 is 0 Å². The number of aromatic hydroxyl groups is 2. The molecule has 10 nitrogen and oxygen atoms in total. The van der Waals surface area contributed by atoms with Crippen molar-refractivity contribution in [2.24, 2.45) is 5.92 Å². The highest BCUT2D eigenvalue weighted by Crippen LogP contribution is 2.43. The summed E-state index contributed by atoms with van der Waals surface area (Å²) >= 11 is 0. The van der Waals surface area contributed by atoms with Gasteiger partial charge in [-0.05, 0) is 161 Å². The van der Waals surface area contributed by atoms with E-state index in [-0.39, 0.29) is 92.2 Å². The molecule has 2 aliphatic heterocycles. The van der Waals surface area contributed by atoms with Gasteiger partial charge in [0.25, 0.3) is 0 Å². The van der Waals surface area contributed by atoms with E-state index in [0.717, 1.165) is 65.5 Å². The average Bonchev–Trinajstić information content (AvgIpc) is 3.21. The Morgan fingerprint density at radius 3 is 1.40 bits per heavy atom. The van der Waals surface area contributed by atoms with Gasteiger partial charge in [-0.3, -0.25) is 14.5 Å². The van der Waals surface area contributed by atoms with Crippen molar-refractivity contribution in [1.82, 2.24) is 10.2 Å². The molecule has 73 heavy (non-hydrogen) atoms. The van der Waals surface area contributed by atoms with E-state index >= 15 is 0 Å². The number of phenols is 2. The normalized spacial score (nSPS) is 18.3. The molecule has 0 radical (unpaired) electrons. The molecule has 3 aromatic carbocycles. The zero-order chi connectivity index (χ0) is 55.3. The molecule has 3 aromatic rings. The Balaban J connectivity index is 0.000000504. The van der Waals surface area contributed by atoms with Crippen molar-refractivity contribution in [1.29, 1.82) is 0 Å². The quantitative estimate of drug-likeness (QED) is 0.106. The van der Waals surface area contributed by atoms with Crippen LogP contribution < -0.4 is 5.32 Å². The lowest BCUT2D eigenvalue weighted by Gasteiger charge is -2.55. The number of esters is 3. The first-order valence-electron chi connectivity index (χ1n) is 27.1. The van der Waals surface area contributed by atoms with Gasteiger partial charge in [-0.25, -0.2) is 4.79 Å². The van der Waals surface area contributed by atoms with Crippen molar-refractivity contribution in [2.45, 2.75) is 246 Å². The van der Waals surface area contributed by atoms with Crippen LogP contribution >= 0.6 is 0 Å². The van der Waals surface area contributed by atoms with Gasteiger partial charge < -0.3 is 29.7 Å². The summed E-state index contributed by atoms with van der Waals surface area (Å²) in [7, 11) is 0. The molecule has 2 saturated heterocycles. The predicted molar refractivity (Wildman–Crippen MR) is 298 cm³/mol. The maximum Gasteiger partial charge on any atom is 0.338 e. The molecular formula is C63H98N2O8. The number of carbonyl (C=O) groups excluding carboxylic acids is 3. The molecule has 5 rings (SSSR count). The third-order valence-electron chi connectivity index (χ3n) is 14.8. The van der Waals surface area contributed by atoms with Crippen molar-refractivity contribution in [3.63, 3.8) is 0 Å². The maximum atomic E-state index is 13.0. The second kappa shape index (κ2) is 23.2. The van der Waals surface area contributed by atoms with E-state index in [2.05, 4.69) is 161 Å². The van der Waals surface area contributed by atoms with Crippen LogP contribution in [0.4, 0.5) is 0 Å². The summed E-state index contributed by atoms with van der Waals surface area (Å²) in [6, 6.07) is 17.5. The number of nitrogens with zero attached hydrogens (tertiary/aromatic N) is 1. The van der Waals surface area contributed by atoms with E-state index in [0.29, 0.717) is 44.1 Å². The highest BCUT2D eigenvalue weighted by atomic mass is 16.5. The van der Waals surface area contributed by atoms with E-state index in [9.17, 15) is 24.6 Å². The molecule has 0 amide bonds. The summed E-state index contributed by atoms with van der Waals surface area (Å²) < 4.78 is 17.2. The summed E-state index contributed by atoms with van der Waals surface area (Å²) in [5.41, 5.74) is 5.43. The molecule has 3 N–H and O–H groups in total. The van der Waals surface area contributed by atoms with E-state index in [1.807, 2.05) is 30.3 Å². The smallest absolute Gasteiger partial charge is 0.338 e.